The van der Waals surface area contributed by atoms with Gasteiger partial charge in [0.15, 0.2) is 6.23 Å². The van der Waals surface area contributed by atoms with E-state index in [0.717, 1.165) is 37.1 Å². The minimum atomic E-state index is -0.0634. The molecule has 100 valence electrons. The van der Waals surface area contributed by atoms with Gasteiger partial charge in [-0.05, 0) is 48.7 Å². The standard InChI is InChI=1S/C13H17N5O/c1-14-11-7-5-10(6-8-11)13-15-17-18(16-13)12-4-2-3-9-19-12/h5-8,12,14H,2-4,9H2,1H3. The summed E-state index contributed by atoms with van der Waals surface area (Å²) < 4.78 is 5.64. The summed E-state index contributed by atoms with van der Waals surface area (Å²) in [5, 5.41) is 15.7. The maximum atomic E-state index is 5.64. The molecule has 1 aromatic carbocycles. The lowest BCUT2D eigenvalue weighted by Crippen LogP contribution is -2.20. The first-order chi connectivity index (χ1) is 9.36. The predicted molar refractivity (Wildman–Crippen MR) is 71.6 cm³/mol. The van der Waals surface area contributed by atoms with Gasteiger partial charge in [0, 0.05) is 24.9 Å². The molecule has 0 radical (unpaired) electrons. The number of nitrogens with zero attached hydrogens (tertiary/aromatic N) is 4. The lowest BCUT2D eigenvalue weighted by Gasteiger charge is -2.20. The average Bonchev–Trinajstić information content (AvgIpc) is 2.98. The number of tetrazole rings is 1. The highest BCUT2D eigenvalue weighted by Crippen LogP contribution is 2.22. The summed E-state index contributed by atoms with van der Waals surface area (Å²) in [4.78, 5) is 1.58. The van der Waals surface area contributed by atoms with E-state index in [9.17, 15) is 0 Å². The van der Waals surface area contributed by atoms with Crippen LogP contribution in [0.5, 0.6) is 0 Å². The fourth-order valence-corrected chi connectivity index (χ4v) is 2.15. The Bertz CT molecular complexity index is 530. The summed E-state index contributed by atoms with van der Waals surface area (Å²) in [7, 11) is 1.89. The van der Waals surface area contributed by atoms with Crippen LogP contribution in [0.2, 0.25) is 0 Å². The van der Waals surface area contributed by atoms with Gasteiger partial charge in [-0.15, -0.1) is 15.0 Å². The molecule has 1 aliphatic heterocycles. The maximum absolute atomic E-state index is 5.64. The normalized spacial score (nSPS) is 19.3. The van der Waals surface area contributed by atoms with Crippen LogP contribution in [0, 0.1) is 0 Å². The van der Waals surface area contributed by atoms with Gasteiger partial charge in [0.25, 0.3) is 0 Å². The van der Waals surface area contributed by atoms with Crippen molar-refractivity contribution in [2.75, 3.05) is 19.0 Å². The largest absolute Gasteiger partial charge is 0.388 e. The number of nitrogens with one attached hydrogen (secondary N) is 1. The van der Waals surface area contributed by atoms with Crippen molar-refractivity contribution < 1.29 is 4.74 Å². The summed E-state index contributed by atoms with van der Waals surface area (Å²) in [5.41, 5.74) is 2.02. The fourth-order valence-electron chi connectivity index (χ4n) is 2.15. The van der Waals surface area contributed by atoms with Gasteiger partial charge >= 0.3 is 0 Å². The number of rotatable bonds is 3. The van der Waals surface area contributed by atoms with Crippen molar-refractivity contribution in [3.8, 4) is 11.4 Å². The second-order valence-corrected chi connectivity index (χ2v) is 4.58. The number of hydrogen-bond acceptors (Lipinski definition) is 5. The molecule has 3 rings (SSSR count). The lowest BCUT2D eigenvalue weighted by atomic mass is 10.2. The first kappa shape index (κ1) is 12.1. The summed E-state index contributed by atoms with van der Waals surface area (Å²) in [6, 6.07) is 7.95. The van der Waals surface area contributed by atoms with Crippen molar-refractivity contribution in [2.24, 2.45) is 0 Å². The summed E-state index contributed by atoms with van der Waals surface area (Å²) in [6.07, 6.45) is 3.16. The van der Waals surface area contributed by atoms with Crippen LogP contribution in [0.3, 0.4) is 0 Å². The Morgan fingerprint density at radius 1 is 1.26 bits per heavy atom. The molecule has 1 N–H and O–H groups in total. The SMILES string of the molecule is CNc1ccc(-c2nnn(C3CCCCO3)n2)cc1. The zero-order valence-corrected chi connectivity index (χ0v) is 10.9. The number of benzene rings is 1. The van der Waals surface area contributed by atoms with E-state index >= 15 is 0 Å². The van der Waals surface area contributed by atoms with Crippen molar-refractivity contribution in [1.82, 2.24) is 20.2 Å². The Balaban J connectivity index is 1.79. The van der Waals surface area contributed by atoms with Crippen LogP contribution in [-0.4, -0.2) is 33.9 Å². The summed E-state index contributed by atoms with van der Waals surface area (Å²) in [5.74, 6) is 0.636. The highest BCUT2D eigenvalue weighted by molar-refractivity contribution is 5.58. The molecule has 1 aromatic heterocycles. The monoisotopic (exact) mass is 259 g/mol. The zero-order chi connectivity index (χ0) is 13.1. The molecule has 2 heterocycles. The Morgan fingerprint density at radius 2 is 2.11 bits per heavy atom. The van der Waals surface area contributed by atoms with Gasteiger partial charge in [0.1, 0.15) is 0 Å². The molecule has 1 unspecified atom stereocenters. The minimum absolute atomic E-state index is 0.0634. The van der Waals surface area contributed by atoms with E-state index in [1.54, 1.807) is 4.80 Å². The molecule has 1 saturated heterocycles. The van der Waals surface area contributed by atoms with E-state index in [4.69, 9.17) is 4.74 Å². The smallest absolute Gasteiger partial charge is 0.205 e. The molecule has 0 bridgehead atoms. The number of ether oxygens (including phenoxy) is 1. The molecule has 0 saturated carbocycles. The van der Waals surface area contributed by atoms with Crippen LogP contribution in [0.4, 0.5) is 5.69 Å². The third-order valence-corrected chi connectivity index (χ3v) is 3.27. The molecule has 19 heavy (non-hydrogen) atoms. The van der Waals surface area contributed by atoms with Crippen molar-refractivity contribution in [3.05, 3.63) is 24.3 Å². The van der Waals surface area contributed by atoms with Crippen LogP contribution in [-0.2, 0) is 4.74 Å². The van der Waals surface area contributed by atoms with Gasteiger partial charge in [0.2, 0.25) is 5.82 Å². The summed E-state index contributed by atoms with van der Waals surface area (Å²) in [6.45, 7) is 0.776. The van der Waals surface area contributed by atoms with Gasteiger partial charge in [0.05, 0.1) is 0 Å². The van der Waals surface area contributed by atoms with Crippen LogP contribution in [0.25, 0.3) is 11.4 Å². The second kappa shape index (κ2) is 5.36. The second-order valence-electron chi connectivity index (χ2n) is 4.58. The highest BCUT2D eigenvalue weighted by Gasteiger charge is 2.18. The molecule has 6 heteroatoms. The van der Waals surface area contributed by atoms with Crippen molar-refractivity contribution in [3.63, 3.8) is 0 Å². The van der Waals surface area contributed by atoms with Crippen LogP contribution >= 0.6 is 0 Å². The molecule has 6 nitrogen and oxygen atoms in total. The Hall–Kier alpha value is -1.95. The third-order valence-electron chi connectivity index (χ3n) is 3.27. The van der Waals surface area contributed by atoms with E-state index in [1.807, 2.05) is 31.3 Å². The Kier molecular flexibility index (Phi) is 3.41. The molecule has 1 atom stereocenters. The number of aromatic nitrogens is 4. The summed E-state index contributed by atoms with van der Waals surface area (Å²) >= 11 is 0. The molecule has 0 spiro atoms. The van der Waals surface area contributed by atoms with E-state index in [1.165, 1.54) is 0 Å². The van der Waals surface area contributed by atoms with Crippen LogP contribution in [0.15, 0.2) is 24.3 Å². The topological polar surface area (TPSA) is 64.9 Å². The maximum Gasteiger partial charge on any atom is 0.205 e. The van der Waals surface area contributed by atoms with Crippen LogP contribution < -0.4 is 5.32 Å². The van der Waals surface area contributed by atoms with Gasteiger partial charge in [-0.1, -0.05) is 0 Å². The molecule has 1 aliphatic rings. The minimum Gasteiger partial charge on any atom is -0.388 e. The Morgan fingerprint density at radius 3 is 2.79 bits per heavy atom. The van der Waals surface area contributed by atoms with Gasteiger partial charge in [-0.3, -0.25) is 0 Å². The predicted octanol–water partition coefficient (Wildman–Crippen LogP) is 2.08. The van der Waals surface area contributed by atoms with E-state index in [0.29, 0.717) is 5.82 Å². The molecular weight excluding hydrogens is 242 g/mol. The van der Waals surface area contributed by atoms with Gasteiger partial charge in [-0.2, -0.15) is 0 Å². The van der Waals surface area contributed by atoms with Crippen molar-refractivity contribution >= 4 is 5.69 Å². The van der Waals surface area contributed by atoms with E-state index < -0.39 is 0 Å². The van der Waals surface area contributed by atoms with Crippen LogP contribution in [0.1, 0.15) is 25.5 Å². The van der Waals surface area contributed by atoms with Crippen molar-refractivity contribution in [1.29, 1.82) is 0 Å². The van der Waals surface area contributed by atoms with E-state index in [-0.39, 0.29) is 6.23 Å². The van der Waals surface area contributed by atoms with E-state index in [2.05, 4.69) is 20.7 Å². The van der Waals surface area contributed by atoms with Crippen molar-refractivity contribution in [2.45, 2.75) is 25.5 Å². The van der Waals surface area contributed by atoms with Gasteiger partial charge in [-0.25, -0.2) is 0 Å². The number of hydrogen-bond donors (Lipinski definition) is 1. The average molecular weight is 259 g/mol. The molecule has 0 aliphatic carbocycles. The molecule has 2 aromatic rings. The first-order valence-corrected chi connectivity index (χ1v) is 6.56. The molecule has 1 fully saturated rings. The zero-order valence-electron chi connectivity index (χ0n) is 10.9. The highest BCUT2D eigenvalue weighted by atomic mass is 16.5. The first-order valence-electron chi connectivity index (χ1n) is 6.56. The molecule has 0 amide bonds. The lowest BCUT2D eigenvalue weighted by molar-refractivity contribution is -0.0488. The quantitative estimate of drug-likeness (QED) is 0.914. The number of anilines is 1. The molecular formula is C13H17N5O. The fraction of sp³-hybridized carbons (Fsp3) is 0.462. The third kappa shape index (κ3) is 2.58. The van der Waals surface area contributed by atoms with Gasteiger partial charge < -0.3 is 10.1 Å². The Labute approximate surface area is 111 Å².